The molecule has 1 aromatic carbocycles. The summed E-state index contributed by atoms with van der Waals surface area (Å²) in [6.07, 6.45) is 0. The molecule has 0 bridgehead atoms. The van der Waals surface area contributed by atoms with Crippen LogP contribution in [-0.2, 0) is 0 Å². The maximum Gasteiger partial charge on any atom is 0.177 e. The van der Waals surface area contributed by atoms with E-state index in [0.29, 0.717) is 5.69 Å². The minimum Gasteiger partial charge on any atom is -0.375 e. The average Bonchev–Trinajstić information content (AvgIpc) is 2.76. The Bertz CT molecular complexity index is 1460. The maximum absolute atomic E-state index is 9.26. The standard InChI is InChI=1S/C17H3N11/c18-1-7-6-23-12-13(24-7)15-17(28-11(5-22)10(4-21)26-15)16-14(12)25-8(2-19)9(3-20)27-16/h23H,6H2. The first-order valence-electron chi connectivity index (χ1n) is 7.56. The molecule has 3 aromatic rings. The van der Waals surface area contributed by atoms with E-state index in [9.17, 15) is 26.3 Å². The van der Waals surface area contributed by atoms with Crippen molar-refractivity contribution in [2.45, 2.75) is 0 Å². The van der Waals surface area contributed by atoms with Crippen LogP contribution in [0, 0.1) is 56.7 Å². The smallest absolute Gasteiger partial charge is 0.177 e. The fraction of sp³-hybridized carbons (Fsp3) is 0.0588. The highest BCUT2D eigenvalue weighted by Gasteiger charge is 2.25. The minimum absolute atomic E-state index is 0.0857. The molecule has 1 aliphatic rings. The minimum atomic E-state index is -0.228. The Balaban J connectivity index is 2.31. The van der Waals surface area contributed by atoms with Gasteiger partial charge in [0.25, 0.3) is 0 Å². The van der Waals surface area contributed by atoms with Gasteiger partial charge >= 0.3 is 0 Å². The van der Waals surface area contributed by atoms with Crippen molar-refractivity contribution in [2.24, 2.45) is 4.99 Å². The molecule has 0 radical (unpaired) electrons. The van der Waals surface area contributed by atoms with Crippen molar-refractivity contribution in [1.29, 1.82) is 26.3 Å². The van der Waals surface area contributed by atoms with Crippen LogP contribution in [0.4, 0.5) is 11.4 Å². The van der Waals surface area contributed by atoms with E-state index in [4.69, 9.17) is 0 Å². The number of fused-ring (bicyclic) bond motifs is 6. The zero-order chi connectivity index (χ0) is 19.8. The predicted molar refractivity (Wildman–Crippen MR) is 92.7 cm³/mol. The summed E-state index contributed by atoms with van der Waals surface area (Å²) < 4.78 is 0. The largest absolute Gasteiger partial charge is 0.375 e. The van der Waals surface area contributed by atoms with Gasteiger partial charge in [0.15, 0.2) is 22.8 Å². The molecule has 0 aliphatic carbocycles. The van der Waals surface area contributed by atoms with E-state index in [2.05, 4.69) is 30.2 Å². The molecular weight excluding hydrogens is 358 g/mol. The molecule has 2 aromatic heterocycles. The molecule has 28 heavy (non-hydrogen) atoms. The van der Waals surface area contributed by atoms with Crippen LogP contribution in [0.2, 0.25) is 0 Å². The summed E-state index contributed by atoms with van der Waals surface area (Å²) in [5.74, 6) is 0. The van der Waals surface area contributed by atoms with Crippen molar-refractivity contribution in [3.8, 4) is 30.3 Å². The Labute approximate surface area is 156 Å². The first-order valence-corrected chi connectivity index (χ1v) is 7.56. The monoisotopic (exact) mass is 361 g/mol. The third-order valence-corrected chi connectivity index (χ3v) is 3.95. The van der Waals surface area contributed by atoms with Gasteiger partial charge in [-0.25, -0.2) is 24.9 Å². The van der Waals surface area contributed by atoms with Crippen molar-refractivity contribution >= 4 is 39.2 Å². The van der Waals surface area contributed by atoms with Gasteiger partial charge in [0.2, 0.25) is 0 Å². The SMILES string of the molecule is N#CC1=Nc2c(c3nc(C#N)c(C#N)nc3c3nc(C#N)c(C#N)nc23)NC1. The van der Waals surface area contributed by atoms with Crippen molar-refractivity contribution in [2.75, 3.05) is 11.9 Å². The van der Waals surface area contributed by atoms with E-state index < -0.39 is 0 Å². The number of nitrogens with zero attached hydrogens (tertiary/aromatic N) is 10. The number of nitriles is 5. The van der Waals surface area contributed by atoms with E-state index in [-0.39, 0.29) is 62.8 Å². The van der Waals surface area contributed by atoms with Gasteiger partial charge in [0.05, 0.1) is 12.2 Å². The molecule has 3 heterocycles. The van der Waals surface area contributed by atoms with Gasteiger partial charge in [-0.2, -0.15) is 26.3 Å². The molecule has 0 spiro atoms. The van der Waals surface area contributed by atoms with Crippen LogP contribution >= 0.6 is 0 Å². The fourth-order valence-corrected chi connectivity index (χ4v) is 2.77. The van der Waals surface area contributed by atoms with Crippen LogP contribution in [0.15, 0.2) is 4.99 Å². The molecule has 0 amide bonds. The van der Waals surface area contributed by atoms with Crippen LogP contribution < -0.4 is 5.32 Å². The number of benzene rings is 1. The lowest BCUT2D eigenvalue weighted by atomic mass is 10.1. The van der Waals surface area contributed by atoms with Gasteiger partial charge in [-0.1, -0.05) is 0 Å². The zero-order valence-corrected chi connectivity index (χ0v) is 13.7. The first kappa shape index (κ1) is 16.3. The average molecular weight is 361 g/mol. The summed E-state index contributed by atoms with van der Waals surface area (Å²) in [6, 6.07) is 9.14. The molecule has 0 saturated heterocycles. The van der Waals surface area contributed by atoms with Crippen LogP contribution in [0.5, 0.6) is 0 Å². The molecule has 1 N–H and O–H groups in total. The lowest BCUT2D eigenvalue weighted by Gasteiger charge is -2.18. The molecule has 0 atom stereocenters. The number of rotatable bonds is 0. The lowest BCUT2D eigenvalue weighted by Crippen LogP contribution is -2.17. The van der Waals surface area contributed by atoms with Crippen LogP contribution in [0.3, 0.4) is 0 Å². The Hall–Kier alpha value is -5.18. The molecular formula is C17H3N11. The second-order valence-electron chi connectivity index (χ2n) is 5.43. The fourth-order valence-electron chi connectivity index (χ4n) is 2.77. The topological polar surface area (TPSA) is 195 Å². The summed E-state index contributed by atoms with van der Waals surface area (Å²) in [4.78, 5) is 21.0. The van der Waals surface area contributed by atoms with E-state index in [0.717, 1.165) is 0 Å². The number of aromatic nitrogens is 4. The number of hydrogen-bond acceptors (Lipinski definition) is 11. The Morgan fingerprint density at radius 3 is 1.57 bits per heavy atom. The molecule has 11 nitrogen and oxygen atoms in total. The first-order chi connectivity index (χ1) is 13.6. The highest BCUT2D eigenvalue weighted by molar-refractivity contribution is 6.18. The number of anilines is 1. The van der Waals surface area contributed by atoms with Crippen LogP contribution in [0.1, 0.15) is 22.8 Å². The summed E-state index contributed by atoms with van der Waals surface area (Å²) in [6.45, 7) is 0.114. The van der Waals surface area contributed by atoms with Crippen molar-refractivity contribution in [3.63, 3.8) is 0 Å². The number of nitrogens with one attached hydrogen (secondary N) is 1. The van der Waals surface area contributed by atoms with E-state index in [1.54, 1.807) is 18.2 Å². The lowest BCUT2D eigenvalue weighted by molar-refractivity contribution is 1.16. The van der Waals surface area contributed by atoms with E-state index in [1.807, 2.05) is 12.1 Å². The Morgan fingerprint density at radius 1 is 0.607 bits per heavy atom. The molecule has 1 aliphatic heterocycles. The van der Waals surface area contributed by atoms with Crippen molar-refractivity contribution in [1.82, 2.24) is 19.9 Å². The maximum atomic E-state index is 9.26. The third kappa shape index (κ3) is 2.14. The quantitative estimate of drug-likeness (QED) is 0.565. The summed E-state index contributed by atoms with van der Waals surface area (Å²) in [5, 5.41) is 49.2. The van der Waals surface area contributed by atoms with Gasteiger partial charge in [0, 0.05) is 0 Å². The van der Waals surface area contributed by atoms with Gasteiger partial charge in [-0.15, -0.1) is 0 Å². The zero-order valence-electron chi connectivity index (χ0n) is 13.7. The Morgan fingerprint density at radius 2 is 1.07 bits per heavy atom. The molecule has 0 unspecified atom stereocenters. The van der Waals surface area contributed by atoms with E-state index in [1.165, 1.54) is 0 Å². The molecule has 11 heteroatoms. The molecule has 0 fully saturated rings. The number of hydrogen-bond donors (Lipinski definition) is 1. The van der Waals surface area contributed by atoms with Crippen LogP contribution in [-0.4, -0.2) is 32.2 Å². The van der Waals surface area contributed by atoms with Gasteiger partial charge < -0.3 is 5.32 Å². The summed E-state index contributed by atoms with van der Waals surface area (Å²) in [5.41, 5.74) is 0.408. The van der Waals surface area contributed by atoms with Gasteiger partial charge in [-0.3, -0.25) is 0 Å². The number of aliphatic imine (C=N–C) groups is 1. The second kappa shape index (κ2) is 5.97. The molecule has 0 saturated carbocycles. The predicted octanol–water partition coefficient (Wildman–Crippen LogP) is 1.08. The second-order valence-corrected chi connectivity index (χ2v) is 5.43. The third-order valence-electron chi connectivity index (χ3n) is 3.95. The molecule has 126 valence electrons. The normalized spacial score (nSPS) is 11.8. The van der Waals surface area contributed by atoms with Crippen molar-refractivity contribution < 1.29 is 0 Å². The van der Waals surface area contributed by atoms with E-state index >= 15 is 0 Å². The highest BCUT2D eigenvalue weighted by Crippen LogP contribution is 2.41. The van der Waals surface area contributed by atoms with Crippen LogP contribution in [0.25, 0.3) is 22.1 Å². The molecule has 4 rings (SSSR count). The summed E-state index contributed by atoms with van der Waals surface area (Å²) in [7, 11) is 0. The van der Waals surface area contributed by atoms with Crippen molar-refractivity contribution in [3.05, 3.63) is 22.8 Å². The summed E-state index contributed by atoms with van der Waals surface area (Å²) >= 11 is 0. The van der Waals surface area contributed by atoms with Gasteiger partial charge in [-0.05, 0) is 0 Å². The van der Waals surface area contributed by atoms with Gasteiger partial charge in [0.1, 0.15) is 63.8 Å². The highest BCUT2D eigenvalue weighted by atomic mass is 15.0. The Kier molecular flexibility index (Phi) is 3.47.